The van der Waals surface area contributed by atoms with E-state index in [0.29, 0.717) is 42.5 Å². The molecule has 0 bridgehead atoms. The third kappa shape index (κ3) is 4.14. The fourth-order valence-electron chi connectivity index (χ4n) is 2.91. The maximum absolute atomic E-state index is 12.9. The van der Waals surface area contributed by atoms with Crippen LogP contribution in [0.25, 0.3) is 0 Å². The van der Waals surface area contributed by atoms with Crippen LogP contribution in [0, 0.1) is 5.82 Å². The molecule has 1 saturated heterocycles. The summed E-state index contributed by atoms with van der Waals surface area (Å²) in [5.74, 6) is -0.641. The molecule has 3 rings (SSSR count). The van der Waals surface area contributed by atoms with Crippen molar-refractivity contribution in [1.82, 2.24) is 4.90 Å². The Labute approximate surface area is 156 Å². The highest BCUT2D eigenvalue weighted by Crippen LogP contribution is 2.30. The summed E-state index contributed by atoms with van der Waals surface area (Å²) in [5.41, 5.74) is 1.80. The van der Waals surface area contributed by atoms with E-state index >= 15 is 0 Å². The van der Waals surface area contributed by atoms with Gasteiger partial charge in [-0.2, -0.15) is 0 Å². The molecule has 1 aliphatic heterocycles. The van der Waals surface area contributed by atoms with E-state index in [-0.39, 0.29) is 17.6 Å². The summed E-state index contributed by atoms with van der Waals surface area (Å²) >= 11 is 6.39. The van der Waals surface area contributed by atoms with Crippen LogP contribution in [-0.4, -0.2) is 42.9 Å². The fourth-order valence-corrected chi connectivity index (χ4v) is 3.21. The molecule has 7 heteroatoms. The van der Waals surface area contributed by atoms with Crippen molar-refractivity contribution in [2.24, 2.45) is 0 Å². The van der Waals surface area contributed by atoms with E-state index in [1.165, 1.54) is 24.3 Å². The maximum atomic E-state index is 12.9. The number of amides is 2. The number of halogens is 2. The van der Waals surface area contributed by atoms with Crippen molar-refractivity contribution in [2.45, 2.75) is 6.92 Å². The Balaban J connectivity index is 1.67. The lowest BCUT2D eigenvalue weighted by molar-refractivity contribution is -0.129. The molecule has 136 valence electrons. The predicted molar refractivity (Wildman–Crippen MR) is 100 cm³/mol. The molecule has 1 heterocycles. The summed E-state index contributed by atoms with van der Waals surface area (Å²) in [6.07, 6.45) is 0. The molecular weight excluding hydrogens is 357 g/mol. The highest BCUT2D eigenvalue weighted by molar-refractivity contribution is 6.33. The van der Waals surface area contributed by atoms with Crippen molar-refractivity contribution in [3.8, 4) is 0 Å². The second-order valence-electron chi connectivity index (χ2n) is 6.12. The molecule has 0 saturated carbocycles. The first-order chi connectivity index (χ1) is 12.4. The summed E-state index contributed by atoms with van der Waals surface area (Å²) in [6, 6.07) is 10.7. The molecule has 26 heavy (non-hydrogen) atoms. The number of nitrogens with one attached hydrogen (secondary N) is 1. The first-order valence-electron chi connectivity index (χ1n) is 8.31. The van der Waals surface area contributed by atoms with Gasteiger partial charge in [0.1, 0.15) is 5.82 Å². The third-order valence-corrected chi connectivity index (χ3v) is 4.68. The zero-order valence-electron chi connectivity index (χ0n) is 14.3. The number of benzene rings is 2. The van der Waals surface area contributed by atoms with Gasteiger partial charge in [-0.3, -0.25) is 9.59 Å². The molecule has 0 aromatic heterocycles. The van der Waals surface area contributed by atoms with Gasteiger partial charge < -0.3 is 15.1 Å². The Kier molecular flexibility index (Phi) is 5.42. The largest absolute Gasteiger partial charge is 0.367 e. The van der Waals surface area contributed by atoms with E-state index < -0.39 is 0 Å². The average Bonchev–Trinajstić information content (AvgIpc) is 2.62. The van der Waals surface area contributed by atoms with Gasteiger partial charge in [-0.1, -0.05) is 11.6 Å². The van der Waals surface area contributed by atoms with Gasteiger partial charge in [-0.15, -0.1) is 0 Å². The fraction of sp³-hybridized carbons (Fsp3) is 0.263. The second-order valence-corrected chi connectivity index (χ2v) is 6.53. The van der Waals surface area contributed by atoms with Crippen LogP contribution in [0.3, 0.4) is 0 Å². The standard InChI is InChI=1S/C19H19ClFN3O2/c1-13(25)23-8-10-24(11-9-23)18-7-6-16(12-17(18)20)22-19(26)14-2-4-15(21)5-3-14/h2-7,12H,8-11H2,1H3,(H,22,26). The number of nitrogens with zero attached hydrogens (tertiary/aromatic N) is 2. The lowest BCUT2D eigenvalue weighted by Gasteiger charge is -2.36. The van der Waals surface area contributed by atoms with Crippen LogP contribution in [-0.2, 0) is 4.79 Å². The number of carbonyl (C=O) groups excluding carboxylic acids is 2. The summed E-state index contributed by atoms with van der Waals surface area (Å²) < 4.78 is 12.9. The van der Waals surface area contributed by atoms with Crippen molar-refractivity contribution < 1.29 is 14.0 Å². The average molecular weight is 376 g/mol. The van der Waals surface area contributed by atoms with Gasteiger partial charge >= 0.3 is 0 Å². The monoisotopic (exact) mass is 375 g/mol. The molecule has 5 nitrogen and oxygen atoms in total. The quantitative estimate of drug-likeness (QED) is 0.894. The van der Waals surface area contributed by atoms with Crippen molar-refractivity contribution in [3.63, 3.8) is 0 Å². The zero-order valence-corrected chi connectivity index (χ0v) is 15.1. The number of anilines is 2. The Morgan fingerprint density at radius 3 is 2.27 bits per heavy atom. The van der Waals surface area contributed by atoms with Crippen molar-refractivity contribution in [2.75, 3.05) is 36.4 Å². The second kappa shape index (κ2) is 7.74. The molecule has 0 unspecified atom stereocenters. The van der Waals surface area contributed by atoms with Gasteiger partial charge in [0.15, 0.2) is 0 Å². The highest BCUT2D eigenvalue weighted by atomic mass is 35.5. The Hall–Kier alpha value is -2.60. The van der Waals surface area contributed by atoms with Gasteiger partial charge in [0.05, 0.1) is 10.7 Å². The molecule has 1 N–H and O–H groups in total. The molecule has 0 atom stereocenters. The van der Waals surface area contributed by atoms with E-state index in [9.17, 15) is 14.0 Å². The van der Waals surface area contributed by atoms with E-state index in [4.69, 9.17) is 11.6 Å². The van der Waals surface area contributed by atoms with Crippen LogP contribution >= 0.6 is 11.6 Å². The SMILES string of the molecule is CC(=O)N1CCN(c2ccc(NC(=O)c3ccc(F)cc3)cc2Cl)CC1. The highest BCUT2D eigenvalue weighted by Gasteiger charge is 2.20. The molecular formula is C19H19ClFN3O2. The molecule has 1 aliphatic rings. The van der Waals surface area contributed by atoms with E-state index in [0.717, 1.165) is 5.69 Å². The summed E-state index contributed by atoms with van der Waals surface area (Å²) in [7, 11) is 0. The van der Waals surface area contributed by atoms with Crippen LogP contribution in [0.2, 0.25) is 5.02 Å². The van der Waals surface area contributed by atoms with Crippen LogP contribution in [0.5, 0.6) is 0 Å². The Morgan fingerprint density at radius 2 is 1.69 bits per heavy atom. The Bertz CT molecular complexity index is 818. The molecule has 0 spiro atoms. The normalized spacial score (nSPS) is 14.3. The minimum absolute atomic E-state index is 0.0783. The maximum Gasteiger partial charge on any atom is 0.255 e. The smallest absolute Gasteiger partial charge is 0.255 e. The molecule has 1 fully saturated rings. The van der Waals surface area contributed by atoms with Crippen LogP contribution < -0.4 is 10.2 Å². The van der Waals surface area contributed by atoms with Gasteiger partial charge in [-0.05, 0) is 42.5 Å². The minimum Gasteiger partial charge on any atom is -0.367 e. The van der Waals surface area contributed by atoms with E-state index in [1.807, 2.05) is 11.0 Å². The number of rotatable bonds is 3. The molecule has 0 aliphatic carbocycles. The summed E-state index contributed by atoms with van der Waals surface area (Å²) in [5, 5.41) is 3.28. The number of piperazine rings is 1. The van der Waals surface area contributed by atoms with Gasteiger partial charge in [0.2, 0.25) is 5.91 Å². The zero-order chi connectivity index (χ0) is 18.7. The van der Waals surface area contributed by atoms with E-state index in [1.54, 1.807) is 19.1 Å². The molecule has 2 amide bonds. The first kappa shape index (κ1) is 18.2. The van der Waals surface area contributed by atoms with Gasteiger partial charge in [0, 0.05) is 44.4 Å². The van der Waals surface area contributed by atoms with Crippen molar-refractivity contribution in [3.05, 3.63) is 58.9 Å². The summed E-state index contributed by atoms with van der Waals surface area (Å²) in [6.45, 7) is 4.31. The third-order valence-electron chi connectivity index (χ3n) is 4.38. The predicted octanol–water partition coefficient (Wildman–Crippen LogP) is 3.40. The minimum atomic E-state index is -0.390. The van der Waals surface area contributed by atoms with Crippen molar-refractivity contribution >= 4 is 34.8 Å². The number of carbonyl (C=O) groups is 2. The molecule has 2 aromatic carbocycles. The van der Waals surface area contributed by atoms with Crippen LogP contribution in [0.15, 0.2) is 42.5 Å². The topological polar surface area (TPSA) is 52.7 Å². The van der Waals surface area contributed by atoms with E-state index in [2.05, 4.69) is 10.2 Å². The Morgan fingerprint density at radius 1 is 1.04 bits per heavy atom. The van der Waals surface area contributed by atoms with Gasteiger partial charge in [0.25, 0.3) is 5.91 Å². The number of hydrogen-bond donors (Lipinski definition) is 1. The first-order valence-corrected chi connectivity index (χ1v) is 8.69. The van der Waals surface area contributed by atoms with Crippen molar-refractivity contribution in [1.29, 1.82) is 0 Å². The summed E-state index contributed by atoms with van der Waals surface area (Å²) in [4.78, 5) is 27.5. The van der Waals surface area contributed by atoms with Crippen LogP contribution in [0.1, 0.15) is 17.3 Å². The molecule has 2 aromatic rings. The van der Waals surface area contributed by atoms with Crippen LogP contribution in [0.4, 0.5) is 15.8 Å². The number of hydrogen-bond acceptors (Lipinski definition) is 3. The molecule has 0 radical (unpaired) electrons. The van der Waals surface area contributed by atoms with Gasteiger partial charge in [-0.25, -0.2) is 4.39 Å². The lowest BCUT2D eigenvalue weighted by Crippen LogP contribution is -2.48. The lowest BCUT2D eigenvalue weighted by atomic mass is 10.2.